The molecular weight excluding hydrogens is 438 g/mol. The summed E-state index contributed by atoms with van der Waals surface area (Å²) in [5.74, 6) is 4.40. The average Bonchev–Trinajstić information content (AvgIpc) is 2.93. The van der Waals surface area contributed by atoms with Crippen molar-refractivity contribution in [1.29, 1.82) is 0 Å². The van der Waals surface area contributed by atoms with Crippen molar-refractivity contribution >= 4 is 0 Å². The van der Waals surface area contributed by atoms with Gasteiger partial charge >= 0.3 is 0 Å². The van der Waals surface area contributed by atoms with Gasteiger partial charge in [0, 0.05) is 13.7 Å². The van der Waals surface area contributed by atoms with E-state index in [-0.39, 0.29) is 0 Å². The first-order chi connectivity index (χ1) is 17.7. The van der Waals surface area contributed by atoms with E-state index in [1.807, 2.05) is 14.2 Å². The summed E-state index contributed by atoms with van der Waals surface area (Å²) in [6.45, 7) is 4.22. The molecule has 2 aromatic rings. The zero-order valence-electron chi connectivity index (χ0n) is 23.3. The van der Waals surface area contributed by atoms with Gasteiger partial charge in [0.25, 0.3) is 0 Å². The maximum Gasteiger partial charge on any atom is 0.0494 e. The molecule has 0 radical (unpaired) electrons. The van der Waals surface area contributed by atoms with E-state index in [0.717, 1.165) is 49.7 Å². The fourth-order valence-corrected chi connectivity index (χ4v) is 7.22. The van der Waals surface area contributed by atoms with E-state index in [0.29, 0.717) is 5.92 Å². The molecule has 0 spiro atoms. The predicted molar refractivity (Wildman–Crippen MR) is 155 cm³/mol. The first-order valence-electron chi connectivity index (χ1n) is 15.0. The Morgan fingerprint density at radius 3 is 1.94 bits per heavy atom. The van der Waals surface area contributed by atoms with Crippen LogP contribution in [0.2, 0.25) is 0 Å². The van der Waals surface area contributed by atoms with Crippen LogP contribution in [0, 0.1) is 23.7 Å². The molecule has 2 aromatic carbocycles. The Hall–Kier alpha value is -1.64. The van der Waals surface area contributed by atoms with E-state index in [1.54, 1.807) is 5.56 Å². The van der Waals surface area contributed by atoms with Gasteiger partial charge in [0.2, 0.25) is 0 Å². The summed E-state index contributed by atoms with van der Waals surface area (Å²) in [5.41, 5.74) is 5.63. The number of methoxy groups -OCH3 is 1. The topological polar surface area (TPSA) is 21.3 Å². The molecule has 1 unspecified atom stereocenters. The molecule has 0 aliphatic heterocycles. The molecule has 2 heteroatoms. The zero-order chi connectivity index (χ0) is 25.2. The molecule has 2 saturated carbocycles. The fourth-order valence-electron chi connectivity index (χ4n) is 7.22. The summed E-state index contributed by atoms with van der Waals surface area (Å²) < 4.78 is 5.45. The molecule has 2 aliphatic carbocycles. The fraction of sp³-hybridized carbons (Fsp3) is 0.647. The number of hydrogen-bond acceptors (Lipinski definition) is 2. The molecule has 0 bridgehead atoms. The lowest BCUT2D eigenvalue weighted by Crippen LogP contribution is -2.25. The maximum absolute atomic E-state index is 5.45. The van der Waals surface area contributed by atoms with E-state index in [2.05, 4.69) is 60.8 Å². The third-order valence-corrected chi connectivity index (χ3v) is 9.43. The highest BCUT2D eigenvalue weighted by Gasteiger charge is 2.31. The van der Waals surface area contributed by atoms with Gasteiger partial charge in [-0.05, 0) is 117 Å². The lowest BCUT2D eigenvalue weighted by Gasteiger charge is -2.38. The smallest absolute Gasteiger partial charge is 0.0494 e. The molecule has 2 aliphatic rings. The minimum atomic E-state index is 0.568. The molecule has 2 fully saturated rings. The molecule has 1 atom stereocenters. The Balaban J connectivity index is 1.26. The molecular formula is C34H51NO. The first-order valence-corrected chi connectivity index (χ1v) is 15.0. The van der Waals surface area contributed by atoms with Gasteiger partial charge in [-0.25, -0.2) is 0 Å². The second kappa shape index (κ2) is 14.3. The Bertz CT molecular complexity index is 857. The highest BCUT2D eigenvalue weighted by Crippen LogP contribution is 2.44. The van der Waals surface area contributed by atoms with Crippen molar-refractivity contribution in [3.8, 4) is 11.1 Å². The molecule has 2 nitrogen and oxygen atoms in total. The summed E-state index contributed by atoms with van der Waals surface area (Å²) in [5, 5.41) is 3.27. The van der Waals surface area contributed by atoms with Crippen LogP contribution in [-0.2, 0) is 11.2 Å². The predicted octanol–water partition coefficient (Wildman–Crippen LogP) is 8.65. The molecule has 0 heterocycles. The molecule has 1 N–H and O–H groups in total. The first kappa shape index (κ1) is 27.4. The van der Waals surface area contributed by atoms with Crippen molar-refractivity contribution in [2.45, 2.75) is 89.9 Å². The van der Waals surface area contributed by atoms with Crippen LogP contribution in [-0.4, -0.2) is 27.3 Å². The molecule has 36 heavy (non-hydrogen) atoms. The van der Waals surface area contributed by atoms with Gasteiger partial charge in [-0.15, -0.1) is 0 Å². The zero-order valence-corrected chi connectivity index (χ0v) is 23.3. The van der Waals surface area contributed by atoms with E-state index in [1.165, 1.54) is 80.9 Å². The summed E-state index contributed by atoms with van der Waals surface area (Å²) >= 11 is 0. The average molecular weight is 490 g/mol. The van der Waals surface area contributed by atoms with Crippen LogP contribution >= 0.6 is 0 Å². The molecule has 0 amide bonds. The Labute approximate surface area is 221 Å². The highest BCUT2D eigenvalue weighted by atomic mass is 16.5. The molecule has 0 aromatic heterocycles. The monoisotopic (exact) mass is 489 g/mol. The van der Waals surface area contributed by atoms with Gasteiger partial charge in [0.05, 0.1) is 0 Å². The number of ether oxygens (including phenoxy) is 1. The van der Waals surface area contributed by atoms with E-state index in [4.69, 9.17) is 4.74 Å². The van der Waals surface area contributed by atoms with Crippen LogP contribution in [0.15, 0.2) is 48.5 Å². The van der Waals surface area contributed by atoms with Gasteiger partial charge in [-0.2, -0.15) is 0 Å². The van der Waals surface area contributed by atoms with Crippen LogP contribution in [0.3, 0.4) is 0 Å². The maximum atomic E-state index is 5.45. The Morgan fingerprint density at radius 2 is 1.39 bits per heavy atom. The van der Waals surface area contributed by atoms with Crippen molar-refractivity contribution in [1.82, 2.24) is 5.32 Å². The highest BCUT2D eigenvalue weighted by molar-refractivity contribution is 5.64. The second-order valence-electron chi connectivity index (χ2n) is 11.9. The number of benzene rings is 2. The van der Waals surface area contributed by atoms with Gasteiger partial charge in [0.15, 0.2) is 0 Å². The Morgan fingerprint density at radius 1 is 0.806 bits per heavy atom. The summed E-state index contributed by atoms with van der Waals surface area (Å²) in [6.07, 6.45) is 16.8. The summed E-state index contributed by atoms with van der Waals surface area (Å²) in [7, 11) is 3.83. The Kier molecular flexibility index (Phi) is 10.9. The normalized spacial score (nSPS) is 25.5. The van der Waals surface area contributed by atoms with Crippen LogP contribution in [0.1, 0.15) is 94.6 Å². The van der Waals surface area contributed by atoms with E-state index in [9.17, 15) is 0 Å². The van der Waals surface area contributed by atoms with Crippen LogP contribution in [0.4, 0.5) is 0 Å². The van der Waals surface area contributed by atoms with Gasteiger partial charge < -0.3 is 10.1 Å². The van der Waals surface area contributed by atoms with Gasteiger partial charge in [-0.3, -0.25) is 0 Å². The van der Waals surface area contributed by atoms with Crippen molar-refractivity contribution in [3.05, 3.63) is 59.7 Å². The van der Waals surface area contributed by atoms with E-state index < -0.39 is 0 Å². The number of nitrogens with one attached hydrogen (secondary N) is 1. The van der Waals surface area contributed by atoms with Crippen molar-refractivity contribution in [2.75, 3.05) is 27.3 Å². The number of hydrogen-bond donors (Lipinski definition) is 1. The lowest BCUT2D eigenvalue weighted by molar-refractivity contribution is 0.148. The third-order valence-electron chi connectivity index (χ3n) is 9.43. The minimum Gasteiger partial charge on any atom is -0.384 e. The molecule has 4 rings (SSSR count). The van der Waals surface area contributed by atoms with Crippen molar-refractivity contribution in [2.24, 2.45) is 23.7 Å². The molecule has 0 saturated heterocycles. The third kappa shape index (κ3) is 7.68. The number of rotatable bonds is 12. The summed E-state index contributed by atoms with van der Waals surface area (Å²) in [6, 6.07) is 18.7. The quantitative estimate of drug-likeness (QED) is 0.322. The van der Waals surface area contributed by atoms with Gasteiger partial charge in [-0.1, -0.05) is 81.1 Å². The van der Waals surface area contributed by atoms with Crippen LogP contribution in [0.5, 0.6) is 0 Å². The van der Waals surface area contributed by atoms with Crippen LogP contribution < -0.4 is 5.32 Å². The molecule has 198 valence electrons. The van der Waals surface area contributed by atoms with Crippen LogP contribution in [0.25, 0.3) is 11.1 Å². The van der Waals surface area contributed by atoms with Crippen molar-refractivity contribution < 1.29 is 4.74 Å². The van der Waals surface area contributed by atoms with Gasteiger partial charge in [0.1, 0.15) is 0 Å². The van der Waals surface area contributed by atoms with Crippen molar-refractivity contribution in [3.63, 3.8) is 0 Å². The van der Waals surface area contributed by atoms with E-state index >= 15 is 0 Å². The largest absolute Gasteiger partial charge is 0.384 e. The standard InChI is InChI=1S/C34H51NO/c1-4-5-26-6-10-29(11-7-26)31-14-18-33(19-15-31)34-20-16-32(17-21-34)30-12-8-27(9-13-30)24-28(25-36-3)22-23-35-2/h8-9,12-13,16-17,20-21,26,28-29,31,33,35H,4-7,10-11,14-15,18-19,22-25H2,1-3H3. The summed E-state index contributed by atoms with van der Waals surface area (Å²) in [4.78, 5) is 0. The SMILES string of the molecule is CCCC1CCC(C2CCC(c3ccc(-c4ccc(CC(CCNC)COC)cc4)cc3)CC2)CC1. The lowest BCUT2D eigenvalue weighted by atomic mass is 9.68. The minimum absolute atomic E-state index is 0.568. The second-order valence-corrected chi connectivity index (χ2v) is 11.9.